The molecule has 0 N–H and O–H groups in total. The van der Waals surface area contributed by atoms with E-state index in [4.69, 9.17) is 0 Å². The van der Waals surface area contributed by atoms with Crippen molar-refractivity contribution in [1.82, 2.24) is 0 Å². The molecule has 1 fully saturated rings. The first kappa shape index (κ1) is 20.6. The highest BCUT2D eigenvalue weighted by molar-refractivity contribution is 5.78. The topological polar surface area (TPSA) is 0 Å². The van der Waals surface area contributed by atoms with E-state index < -0.39 is 0 Å². The van der Waals surface area contributed by atoms with Crippen LogP contribution in [0.15, 0.2) is 77.9 Å². The molecule has 1 aromatic carbocycles. The second kappa shape index (κ2) is 7.07. The molecule has 148 valence electrons. The quantitative estimate of drug-likeness (QED) is 0.468. The molecule has 0 saturated heterocycles. The lowest BCUT2D eigenvalue weighted by atomic mass is 9.68. The minimum absolute atomic E-state index is 0.106. The van der Waals surface area contributed by atoms with Crippen molar-refractivity contribution in [3.63, 3.8) is 0 Å². The number of fused-ring (bicyclic) bond motifs is 2. The smallest absolute Gasteiger partial charge is 0.0152 e. The summed E-state index contributed by atoms with van der Waals surface area (Å²) >= 11 is 0. The lowest BCUT2D eigenvalue weighted by Gasteiger charge is -2.36. The van der Waals surface area contributed by atoms with Gasteiger partial charge in [-0.25, -0.2) is 0 Å². The maximum absolute atomic E-state index is 4.51. The van der Waals surface area contributed by atoms with Crippen molar-refractivity contribution < 1.29 is 0 Å². The Hall–Kier alpha value is -2.08. The third-order valence-corrected chi connectivity index (χ3v) is 7.34. The Balaban J connectivity index is 1.97. The van der Waals surface area contributed by atoms with E-state index in [-0.39, 0.29) is 10.8 Å². The number of hydrogen-bond acceptors (Lipinski definition) is 0. The number of allylic oxidation sites excluding steroid dienone is 8. The average molecular weight is 373 g/mol. The molecule has 0 radical (unpaired) electrons. The third-order valence-electron chi connectivity index (χ3n) is 7.34. The second-order valence-corrected chi connectivity index (χ2v) is 10.3. The highest BCUT2D eigenvalue weighted by Crippen LogP contribution is 2.54. The van der Waals surface area contributed by atoms with Crippen molar-refractivity contribution in [1.29, 1.82) is 0 Å². The largest absolute Gasteiger partial charge is 0.0952 e. The molecule has 0 nitrogen and oxygen atoms in total. The normalized spacial score (nSPS) is 22.8. The molecular weight excluding hydrogens is 336 g/mol. The SMILES string of the molecule is C=C(/C=C\C(C)(C)C(C)(C)C)C1C(=C)C2=C(C)C=C(c3ccccc3C)C1C2. The molecule has 28 heavy (non-hydrogen) atoms. The molecule has 0 spiro atoms. The van der Waals surface area contributed by atoms with Crippen molar-refractivity contribution in [2.24, 2.45) is 22.7 Å². The first-order valence-electron chi connectivity index (χ1n) is 10.5. The molecule has 2 aliphatic carbocycles. The number of aryl methyl sites for hydroxylation is 1. The summed E-state index contributed by atoms with van der Waals surface area (Å²) in [6.45, 7) is 25.0. The van der Waals surface area contributed by atoms with Crippen molar-refractivity contribution in [3.05, 3.63) is 89.1 Å². The van der Waals surface area contributed by atoms with E-state index in [2.05, 4.69) is 104 Å². The van der Waals surface area contributed by atoms with E-state index >= 15 is 0 Å². The molecule has 0 amide bonds. The molecule has 0 aromatic heterocycles. The van der Waals surface area contributed by atoms with Crippen LogP contribution in [-0.4, -0.2) is 0 Å². The summed E-state index contributed by atoms with van der Waals surface area (Å²) in [6, 6.07) is 8.75. The van der Waals surface area contributed by atoms with Crippen molar-refractivity contribution in [2.45, 2.75) is 54.9 Å². The average Bonchev–Trinajstić information content (AvgIpc) is 2.90. The zero-order valence-corrected chi connectivity index (χ0v) is 18.8. The van der Waals surface area contributed by atoms with E-state index in [1.54, 1.807) is 0 Å². The van der Waals surface area contributed by atoms with E-state index in [1.807, 2.05) is 0 Å². The molecule has 2 unspecified atom stereocenters. The summed E-state index contributed by atoms with van der Waals surface area (Å²) < 4.78 is 0. The summed E-state index contributed by atoms with van der Waals surface area (Å²) in [5, 5.41) is 0. The van der Waals surface area contributed by atoms with Crippen LogP contribution in [0.3, 0.4) is 0 Å². The van der Waals surface area contributed by atoms with Crippen LogP contribution in [0.5, 0.6) is 0 Å². The Morgan fingerprint density at radius 3 is 2.32 bits per heavy atom. The highest BCUT2D eigenvalue weighted by Gasteiger charge is 2.41. The standard InChI is InChI=1S/C28H36/c1-18-12-10-11-13-22(18)24-16-20(3)23-17-25(24)26(21(23)4)19(2)14-15-28(8,9)27(5,6)7/h10-16,25-26H,2,4,17H2,1,3,5-9H3/b15-14-. The lowest BCUT2D eigenvalue weighted by molar-refractivity contribution is 0.193. The Labute approximate surface area is 172 Å². The molecule has 1 saturated carbocycles. The van der Waals surface area contributed by atoms with Crippen LogP contribution in [0, 0.1) is 29.6 Å². The van der Waals surface area contributed by atoms with E-state index in [9.17, 15) is 0 Å². The Morgan fingerprint density at radius 2 is 1.71 bits per heavy atom. The molecule has 0 heteroatoms. The fourth-order valence-electron chi connectivity index (χ4n) is 4.36. The van der Waals surface area contributed by atoms with Crippen LogP contribution in [0.25, 0.3) is 5.57 Å². The van der Waals surface area contributed by atoms with Gasteiger partial charge in [-0.3, -0.25) is 0 Å². The van der Waals surface area contributed by atoms with Gasteiger partial charge in [0, 0.05) is 5.92 Å². The van der Waals surface area contributed by atoms with Crippen molar-refractivity contribution in [2.75, 3.05) is 0 Å². The van der Waals surface area contributed by atoms with Crippen LogP contribution in [0.2, 0.25) is 0 Å². The predicted octanol–water partition coefficient (Wildman–Crippen LogP) is 8.09. The van der Waals surface area contributed by atoms with Gasteiger partial charge in [0.15, 0.2) is 0 Å². The van der Waals surface area contributed by atoms with Crippen molar-refractivity contribution >= 4 is 5.57 Å². The van der Waals surface area contributed by atoms with Gasteiger partial charge in [-0.05, 0) is 76.0 Å². The zero-order chi connectivity index (χ0) is 20.9. The van der Waals surface area contributed by atoms with Crippen LogP contribution >= 0.6 is 0 Å². The van der Waals surface area contributed by atoms with E-state index in [0.717, 1.165) is 6.42 Å². The van der Waals surface area contributed by atoms with Gasteiger partial charge >= 0.3 is 0 Å². The van der Waals surface area contributed by atoms with Crippen LogP contribution in [-0.2, 0) is 0 Å². The predicted molar refractivity (Wildman–Crippen MR) is 124 cm³/mol. The van der Waals surface area contributed by atoms with Crippen LogP contribution in [0.4, 0.5) is 0 Å². The molecule has 1 aromatic rings. The fourth-order valence-corrected chi connectivity index (χ4v) is 4.36. The van der Waals surface area contributed by atoms with Gasteiger partial charge in [-0.1, -0.05) is 90.3 Å². The van der Waals surface area contributed by atoms with E-state index in [1.165, 1.54) is 39.0 Å². The number of hydrogen-bond donors (Lipinski definition) is 0. The van der Waals surface area contributed by atoms with Crippen LogP contribution < -0.4 is 0 Å². The summed E-state index contributed by atoms with van der Waals surface area (Å²) in [4.78, 5) is 0. The van der Waals surface area contributed by atoms with Gasteiger partial charge in [-0.15, -0.1) is 0 Å². The summed E-state index contributed by atoms with van der Waals surface area (Å²) in [7, 11) is 0. The van der Waals surface area contributed by atoms with Crippen molar-refractivity contribution in [3.8, 4) is 0 Å². The van der Waals surface area contributed by atoms with Gasteiger partial charge in [0.25, 0.3) is 0 Å². The zero-order valence-electron chi connectivity index (χ0n) is 18.8. The first-order valence-corrected chi connectivity index (χ1v) is 10.5. The molecular formula is C28H36. The second-order valence-electron chi connectivity index (χ2n) is 10.3. The van der Waals surface area contributed by atoms with E-state index in [0.29, 0.717) is 11.8 Å². The lowest BCUT2D eigenvalue weighted by Crippen LogP contribution is -2.27. The summed E-state index contributed by atoms with van der Waals surface area (Å²) in [6.07, 6.45) is 8.11. The minimum atomic E-state index is 0.106. The monoisotopic (exact) mass is 372 g/mol. The molecule has 2 bridgehead atoms. The third kappa shape index (κ3) is 3.50. The van der Waals surface area contributed by atoms with Gasteiger partial charge in [0.2, 0.25) is 0 Å². The molecule has 0 heterocycles. The maximum atomic E-state index is 4.51. The molecule has 2 atom stereocenters. The summed E-state index contributed by atoms with van der Waals surface area (Å²) in [5.74, 6) is 0.743. The number of benzene rings is 1. The fraction of sp³-hybridized carbons (Fsp3) is 0.429. The van der Waals surface area contributed by atoms with Gasteiger partial charge in [-0.2, -0.15) is 0 Å². The Bertz CT molecular complexity index is 906. The number of rotatable bonds is 4. The Kier molecular flexibility index (Phi) is 5.21. The van der Waals surface area contributed by atoms with Gasteiger partial charge in [0.1, 0.15) is 0 Å². The highest BCUT2D eigenvalue weighted by atomic mass is 14.4. The molecule has 3 rings (SSSR count). The van der Waals surface area contributed by atoms with Gasteiger partial charge in [0.05, 0.1) is 0 Å². The molecule has 0 aliphatic heterocycles. The first-order chi connectivity index (χ1) is 12.9. The Morgan fingerprint density at radius 1 is 1.07 bits per heavy atom. The maximum Gasteiger partial charge on any atom is 0.0152 e. The summed E-state index contributed by atoms with van der Waals surface area (Å²) in [5.41, 5.74) is 9.75. The van der Waals surface area contributed by atoms with Gasteiger partial charge < -0.3 is 0 Å². The minimum Gasteiger partial charge on any atom is -0.0952 e. The molecule has 2 aliphatic rings. The van der Waals surface area contributed by atoms with Crippen LogP contribution in [0.1, 0.15) is 59.1 Å².